The highest BCUT2D eigenvalue weighted by Gasteiger charge is 2.33. The number of aromatic nitrogens is 4. The Bertz CT molecular complexity index is 1050. The zero-order valence-electron chi connectivity index (χ0n) is 13.8. The molecule has 4 heterocycles. The topological polar surface area (TPSA) is 88.6 Å². The summed E-state index contributed by atoms with van der Waals surface area (Å²) in [5.41, 5.74) is 2.46. The SMILES string of the molecule is O=C(NCc1csc2ncnn12)[C@@H]1CCCN1c1nc2ccccc2o1. The van der Waals surface area contributed by atoms with E-state index >= 15 is 0 Å². The van der Waals surface area contributed by atoms with Crippen LogP contribution in [0.3, 0.4) is 0 Å². The largest absolute Gasteiger partial charge is 0.423 e. The molecule has 26 heavy (non-hydrogen) atoms. The van der Waals surface area contributed by atoms with Crippen molar-refractivity contribution < 1.29 is 9.21 Å². The lowest BCUT2D eigenvalue weighted by atomic mass is 10.2. The number of hydrogen-bond acceptors (Lipinski definition) is 7. The summed E-state index contributed by atoms with van der Waals surface area (Å²) in [6.45, 7) is 1.18. The standard InChI is InChI=1S/C17H16N6O2S/c24-15(18-8-11-9-26-17-19-10-20-23(11)17)13-5-3-7-22(13)16-21-12-4-1-2-6-14(12)25-16/h1-2,4,6,9-10,13H,3,5,7-8H2,(H,18,24)/t13-/m0/s1. The molecule has 1 fully saturated rings. The lowest BCUT2D eigenvalue weighted by molar-refractivity contribution is -0.122. The van der Waals surface area contributed by atoms with Gasteiger partial charge >= 0.3 is 0 Å². The summed E-state index contributed by atoms with van der Waals surface area (Å²) in [7, 11) is 0. The van der Waals surface area contributed by atoms with Gasteiger partial charge in [-0.3, -0.25) is 4.79 Å². The molecule has 4 aromatic rings. The molecular weight excluding hydrogens is 352 g/mol. The van der Waals surface area contributed by atoms with E-state index in [2.05, 4.69) is 20.4 Å². The van der Waals surface area contributed by atoms with E-state index in [0.717, 1.165) is 41.1 Å². The van der Waals surface area contributed by atoms with Crippen molar-refractivity contribution in [2.24, 2.45) is 0 Å². The summed E-state index contributed by atoms with van der Waals surface area (Å²) in [6, 6.07) is 7.88. The van der Waals surface area contributed by atoms with Gasteiger partial charge in [0.05, 0.1) is 12.2 Å². The molecule has 1 N–H and O–H groups in total. The van der Waals surface area contributed by atoms with E-state index in [-0.39, 0.29) is 11.9 Å². The minimum atomic E-state index is -0.270. The smallest absolute Gasteiger partial charge is 0.299 e. The molecule has 5 rings (SSSR count). The van der Waals surface area contributed by atoms with Gasteiger partial charge in [0.1, 0.15) is 17.9 Å². The first-order chi connectivity index (χ1) is 12.8. The molecule has 0 saturated carbocycles. The van der Waals surface area contributed by atoms with Gasteiger partial charge in [0, 0.05) is 11.9 Å². The van der Waals surface area contributed by atoms with Crippen molar-refractivity contribution in [2.75, 3.05) is 11.4 Å². The summed E-state index contributed by atoms with van der Waals surface area (Å²) < 4.78 is 7.59. The zero-order valence-corrected chi connectivity index (χ0v) is 14.6. The molecule has 1 aromatic carbocycles. The Labute approximate surface area is 152 Å². The number of carbonyl (C=O) groups is 1. The number of thiazole rings is 1. The highest BCUT2D eigenvalue weighted by Crippen LogP contribution is 2.28. The number of oxazole rings is 1. The van der Waals surface area contributed by atoms with Crippen molar-refractivity contribution in [2.45, 2.75) is 25.4 Å². The molecule has 0 radical (unpaired) electrons. The van der Waals surface area contributed by atoms with Crippen LogP contribution in [-0.4, -0.2) is 38.1 Å². The summed E-state index contributed by atoms with van der Waals surface area (Å²) >= 11 is 1.51. The highest BCUT2D eigenvalue weighted by molar-refractivity contribution is 7.15. The first-order valence-corrected chi connectivity index (χ1v) is 9.33. The van der Waals surface area contributed by atoms with Gasteiger partial charge < -0.3 is 14.6 Å². The fourth-order valence-corrected chi connectivity index (χ4v) is 4.14. The molecule has 0 bridgehead atoms. The van der Waals surface area contributed by atoms with E-state index < -0.39 is 0 Å². The number of para-hydroxylation sites is 2. The molecule has 1 aliphatic heterocycles. The van der Waals surface area contributed by atoms with Gasteiger partial charge in [-0.15, -0.1) is 11.3 Å². The molecule has 0 aliphatic carbocycles. The number of amides is 1. The maximum atomic E-state index is 12.7. The second-order valence-electron chi connectivity index (χ2n) is 6.21. The lowest BCUT2D eigenvalue weighted by Crippen LogP contribution is -2.43. The predicted molar refractivity (Wildman–Crippen MR) is 97.1 cm³/mol. The van der Waals surface area contributed by atoms with E-state index in [4.69, 9.17) is 4.42 Å². The molecule has 1 saturated heterocycles. The van der Waals surface area contributed by atoms with Crippen LogP contribution in [0.1, 0.15) is 18.5 Å². The van der Waals surface area contributed by atoms with Gasteiger partial charge in [0.15, 0.2) is 5.58 Å². The Balaban J connectivity index is 1.33. The number of fused-ring (bicyclic) bond motifs is 2. The van der Waals surface area contributed by atoms with Crippen molar-refractivity contribution in [3.8, 4) is 0 Å². The molecule has 0 unspecified atom stereocenters. The Morgan fingerprint density at radius 1 is 1.38 bits per heavy atom. The third-order valence-corrected chi connectivity index (χ3v) is 5.50. The van der Waals surface area contributed by atoms with Gasteiger partial charge in [-0.2, -0.15) is 10.1 Å². The van der Waals surface area contributed by atoms with E-state index in [1.807, 2.05) is 34.5 Å². The molecule has 1 atom stereocenters. The quantitative estimate of drug-likeness (QED) is 0.594. The van der Waals surface area contributed by atoms with Crippen molar-refractivity contribution in [1.29, 1.82) is 0 Å². The average Bonchev–Trinajstić information content (AvgIpc) is 3.42. The molecule has 1 aliphatic rings. The first kappa shape index (κ1) is 15.3. The van der Waals surface area contributed by atoms with Gasteiger partial charge in [0.2, 0.25) is 10.9 Å². The van der Waals surface area contributed by atoms with Crippen molar-refractivity contribution in [3.05, 3.63) is 41.7 Å². The minimum absolute atomic E-state index is 0.0239. The molecule has 8 nitrogen and oxygen atoms in total. The normalized spacial score (nSPS) is 17.4. The number of carbonyl (C=O) groups excluding carboxylic acids is 1. The fraction of sp³-hybridized carbons (Fsp3) is 0.294. The van der Waals surface area contributed by atoms with Gasteiger partial charge in [-0.1, -0.05) is 12.1 Å². The molecule has 0 spiro atoms. The van der Waals surface area contributed by atoms with Crippen LogP contribution in [0.15, 0.2) is 40.4 Å². The van der Waals surface area contributed by atoms with E-state index in [1.54, 1.807) is 4.52 Å². The van der Waals surface area contributed by atoms with Crippen LogP contribution in [0, 0.1) is 0 Å². The Hall–Kier alpha value is -2.94. The Morgan fingerprint density at radius 2 is 2.31 bits per heavy atom. The highest BCUT2D eigenvalue weighted by atomic mass is 32.1. The van der Waals surface area contributed by atoms with Crippen LogP contribution in [0.25, 0.3) is 16.1 Å². The predicted octanol–water partition coefficient (Wildman–Crippen LogP) is 2.22. The summed E-state index contributed by atoms with van der Waals surface area (Å²) in [5.74, 6) is -0.0239. The fourth-order valence-electron chi connectivity index (χ4n) is 3.34. The maximum absolute atomic E-state index is 12.7. The summed E-state index contributed by atoms with van der Waals surface area (Å²) in [5, 5.41) is 9.14. The number of hydrogen-bond donors (Lipinski definition) is 1. The average molecular weight is 368 g/mol. The van der Waals surface area contributed by atoms with E-state index in [0.29, 0.717) is 12.6 Å². The van der Waals surface area contributed by atoms with Crippen LogP contribution in [0.4, 0.5) is 6.01 Å². The van der Waals surface area contributed by atoms with Gasteiger partial charge in [-0.25, -0.2) is 9.50 Å². The van der Waals surface area contributed by atoms with Crippen LogP contribution in [0.5, 0.6) is 0 Å². The van der Waals surface area contributed by atoms with Crippen molar-refractivity contribution in [1.82, 2.24) is 24.9 Å². The number of nitrogens with one attached hydrogen (secondary N) is 1. The molecule has 3 aromatic heterocycles. The third-order valence-electron chi connectivity index (χ3n) is 4.62. The second-order valence-corrected chi connectivity index (χ2v) is 7.05. The van der Waals surface area contributed by atoms with Crippen LogP contribution >= 0.6 is 11.3 Å². The second kappa shape index (κ2) is 6.10. The van der Waals surface area contributed by atoms with E-state index in [9.17, 15) is 4.79 Å². The Kier molecular flexibility index (Phi) is 3.59. The molecule has 9 heteroatoms. The van der Waals surface area contributed by atoms with Crippen molar-refractivity contribution >= 4 is 39.3 Å². The van der Waals surface area contributed by atoms with Crippen molar-refractivity contribution in [3.63, 3.8) is 0 Å². The molecular formula is C17H16N6O2S. The maximum Gasteiger partial charge on any atom is 0.299 e. The molecule has 1 amide bonds. The summed E-state index contributed by atoms with van der Waals surface area (Å²) in [6.07, 6.45) is 3.23. The number of anilines is 1. The van der Waals surface area contributed by atoms with E-state index in [1.165, 1.54) is 17.7 Å². The van der Waals surface area contributed by atoms with Crippen LogP contribution in [-0.2, 0) is 11.3 Å². The zero-order chi connectivity index (χ0) is 17.5. The number of benzene rings is 1. The summed E-state index contributed by atoms with van der Waals surface area (Å²) in [4.78, 5) is 24.2. The number of nitrogens with zero attached hydrogens (tertiary/aromatic N) is 5. The first-order valence-electron chi connectivity index (χ1n) is 8.45. The Morgan fingerprint density at radius 3 is 3.23 bits per heavy atom. The minimum Gasteiger partial charge on any atom is -0.423 e. The molecule has 132 valence electrons. The third kappa shape index (κ3) is 2.51. The van der Waals surface area contributed by atoms with Crippen LogP contribution in [0.2, 0.25) is 0 Å². The number of rotatable bonds is 4. The van der Waals surface area contributed by atoms with Gasteiger partial charge in [0.25, 0.3) is 6.01 Å². The van der Waals surface area contributed by atoms with Gasteiger partial charge in [-0.05, 0) is 25.0 Å². The van der Waals surface area contributed by atoms with Crippen LogP contribution < -0.4 is 10.2 Å². The monoisotopic (exact) mass is 368 g/mol. The lowest BCUT2D eigenvalue weighted by Gasteiger charge is -2.21.